The van der Waals surface area contributed by atoms with Gasteiger partial charge in [-0.2, -0.15) is 5.10 Å². The molecule has 0 unspecified atom stereocenters. The molecule has 1 saturated heterocycles. The van der Waals surface area contributed by atoms with Gasteiger partial charge in [-0.05, 0) is 43.9 Å². The molecule has 8 nitrogen and oxygen atoms in total. The summed E-state index contributed by atoms with van der Waals surface area (Å²) < 4.78 is 13.3. The number of carbonyl (C=O) groups excluding carboxylic acids is 1. The number of carbonyl (C=O) groups is 1. The van der Waals surface area contributed by atoms with E-state index in [0.717, 1.165) is 72.7 Å². The normalized spacial score (nSPS) is 13.4. The van der Waals surface area contributed by atoms with E-state index in [1.165, 1.54) is 12.1 Å². The van der Waals surface area contributed by atoms with Crippen molar-refractivity contribution in [2.45, 2.75) is 6.42 Å². The van der Waals surface area contributed by atoms with Crippen molar-refractivity contribution in [3.05, 3.63) is 89.5 Å². The average Bonchev–Trinajstić information content (AvgIpc) is 2.95. The minimum Gasteiger partial charge on any atom is -0.395 e. The van der Waals surface area contributed by atoms with Crippen molar-refractivity contribution in [2.75, 3.05) is 63.2 Å². The van der Waals surface area contributed by atoms with Gasteiger partial charge in [-0.15, -0.1) is 5.10 Å². The number of aromatic nitrogens is 3. The van der Waals surface area contributed by atoms with Gasteiger partial charge in [-0.1, -0.05) is 36.4 Å². The van der Waals surface area contributed by atoms with E-state index < -0.39 is 0 Å². The van der Waals surface area contributed by atoms with Crippen LogP contribution in [0.1, 0.15) is 21.6 Å². The molecule has 0 saturated carbocycles. The van der Waals surface area contributed by atoms with E-state index in [2.05, 4.69) is 37.1 Å². The molecule has 1 N–H and O–H groups in total. The zero-order valence-corrected chi connectivity index (χ0v) is 21.8. The first-order valence-electron chi connectivity index (χ1n) is 12.6. The number of halogens is 1. The fourth-order valence-electron chi connectivity index (χ4n) is 4.31. The van der Waals surface area contributed by atoms with Gasteiger partial charge in [0.15, 0.2) is 12.1 Å². The van der Waals surface area contributed by atoms with Crippen molar-refractivity contribution < 1.29 is 14.3 Å². The van der Waals surface area contributed by atoms with E-state index in [-0.39, 0.29) is 12.4 Å². The molecule has 0 atom stereocenters. The van der Waals surface area contributed by atoms with Crippen LogP contribution in [0.3, 0.4) is 0 Å². The van der Waals surface area contributed by atoms with Gasteiger partial charge < -0.3 is 19.8 Å². The fraction of sp³-hybridized carbons (Fsp3) is 0.310. The Morgan fingerprint density at radius 3 is 2.18 bits per heavy atom. The first-order valence-corrected chi connectivity index (χ1v) is 12.6. The zero-order chi connectivity index (χ0) is 26.9. The quantitative estimate of drug-likeness (QED) is 0.374. The number of anilines is 2. The van der Waals surface area contributed by atoms with Gasteiger partial charge in [0.1, 0.15) is 11.6 Å². The molecule has 2 aromatic carbocycles. The van der Waals surface area contributed by atoms with Crippen LogP contribution in [-0.2, 0) is 6.42 Å². The van der Waals surface area contributed by atoms with E-state index in [1.54, 1.807) is 24.4 Å². The number of hydrogen-bond donors (Lipinski definition) is 1. The molecule has 1 aliphatic rings. The highest BCUT2D eigenvalue weighted by Gasteiger charge is 2.22. The van der Waals surface area contributed by atoms with Crippen LogP contribution in [0.15, 0.2) is 66.9 Å². The van der Waals surface area contributed by atoms with Crippen LogP contribution in [0.25, 0.3) is 10.8 Å². The Bertz CT molecular complexity index is 1320. The molecular weight excluding hydrogens is 483 g/mol. The molecular formula is C29H33FN6O2. The Morgan fingerprint density at radius 1 is 0.921 bits per heavy atom. The van der Waals surface area contributed by atoms with Gasteiger partial charge in [-0.25, -0.2) is 9.37 Å². The largest absolute Gasteiger partial charge is 0.395 e. The summed E-state index contributed by atoms with van der Waals surface area (Å²) in [4.78, 5) is 21.7. The van der Waals surface area contributed by atoms with E-state index in [0.29, 0.717) is 12.0 Å². The third-order valence-electron chi connectivity index (χ3n) is 6.39. The summed E-state index contributed by atoms with van der Waals surface area (Å²) in [7, 11) is 3.85. The molecule has 3 heterocycles. The average molecular weight is 517 g/mol. The maximum absolute atomic E-state index is 13.3. The zero-order valence-electron chi connectivity index (χ0n) is 21.8. The summed E-state index contributed by atoms with van der Waals surface area (Å²) in [6.07, 6.45) is 3.01. The van der Waals surface area contributed by atoms with Gasteiger partial charge in [0, 0.05) is 61.7 Å². The number of likely N-dealkylation sites (N-methyl/N-ethyl adjacent to an activating group) is 1. The summed E-state index contributed by atoms with van der Waals surface area (Å²) in [5.41, 5.74) is 2.46. The minimum absolute atomic E-state index is 0.242. The first-order chi connectivity index (χ1) is 18.5. The molecule has 4 aromatic rings. The molecule has 198 valence electrons. The van der Waals surface area contributed by atoms with Crippen LogP contribution in [-0.4, -0.2) is 84.9 Å². The first kappa shape index (κ1) is 27.1. The molecule has 0 amide bonds. The Morgan fingerprint density at radius 2 is 1.61 bits per heavy atom. The smallest absolute Gasteiger partial charge is 0.159 e. The fourth-order valence-corrected chi connectivity index (χ4v) is 4.31. The maximum atomic E-state index is 13.3. The predicted molar refractivity (Wildman–Crippen MR) is 148 cm³/mol. The van der Waals surface area contributed by atoms with Crippen LogP contribution in [0, 0.1) is 5.82 Å². The summed E-state index contributed by atoms with van der Waals surface area (Å²) in [5.74, 6) is 1.52. The standard InChI is InChI=1S/C25H22FN5O.C4H11NO/c26-20-8-5-18(6-9-20)15-23-21-3-1-2-4-22(21)25(29-28-23)31-13-11-30(12-14-31)24-10-7-19(17-32)16-27-24;1-5(2)3-4-6/h1-10,16-17H,11-15H2;6H,3-4H2,1-2H3. The van der Waals surface area contributed by atoms with Crippen molar-refractivity contribution in [2.24, 2.45) is 0 Å². The lowest BCUT2D eigenvalue weighted by Gasteiger charge is -2.36. The Hall–Kier alpha value is -3.95. The molecule has 1 fully saturated rings. The number of pyridine rings is 1. The van der Waals surface area contributed by atoms with E-state index in [1.807, 2.05) is 37.2 Å². The van der Waals surface area contributed by atoms with Crippen LogP contribution in [0.2, 0.25) is 0 Å². The van der Waals surface area contributed by atoms with Gasteiger partial charge in [-0.3, -0.25) is 4.79 Å². The minimum atomic E-state index is -0.242. The van der Waals surface area contributed by atoms with Gasteiger partial charge in [0.25, 0.3) is 0 Å². The summed E-state index contributed by atoms with van der Waals surface area (Å²) in [6.45, 7) is 4.23. The van der Waals surface area contributed by atoms with Crippen molar-refractivity contribution in [1.29, 1.82) is 0 Å². The van der Waals surface area contributed by atoms with E-state index in [4.69, 9.17) is 5.11 Å². The van der Waals surface area contributed by atoms with Crippen LogP contribution in [0.5, 0.6) is 0 Å². The Kier molecular flexibility index (Phi) is 9.29. The number of fused-ring (bicyclic) bond motifs is 1. The summed E-state index contributed by atoms with van der Waals surface area (Å²) in [5, 5.41) is 19.5. The molecule has 0 spiro atoms. The van der Waals surface area contributed by atoms with E-state index in [9.17, 15) is 9.18 Å². The molecule has 0 bridgehead atoms. The van der Waals surface area contributed by atoms with E-state index >= 15 is 0 Å². The Balaban J connectivity index is 0.000000505. The van der Waals surface area contributed by atoms with Crippen molar-refractivity contribution >= 4 is 28.7 Å². The van der Waals surface area contributed by atoms with Crippen molar-refractivity contribution in [3.8, 4) is 0 Å². The topological polar surface area (TPSA) is 85.7 Å². The lowest BCUT2D eigenvalue weighted by Crippen LogP contribution is -2.47. The number of hydrogen-bond acceptors (Lipinski definition) is 8. The number of rotatable bonds is 7. The summed E-state index contributed by atoms with van der Waals surface area (Å²) >= 11 is 0. The lowest BCUT2D eigenvalue weighted by molar-refractivity contribution is 0.112. The van der Waals surface area contributed by atoms with Gasteiger partial charge in [0.2, 0.25) is 0 Å². The SMILES string of the molecule is CN(C)CCO.O=Cc1ccc(N2CCN(c3nnc(Cc4ccc(F)cc4)c4ccccc34)CC2)nc1. The molecule has 1 aliphatic heterocycles. The molecule has 0 aliphatic carbocycles. The summed E-state index contributed by atoms with van der Waals surface area (Å²) in [6, 6.07) is 18.4. The monoisotopic (exact) mass is 516 g/mol. The van der Waals surface area contributed by atoms with Crippen molar-refractivity contribution in [1.82, 2.24) is 20.1 Å². The Labute approximate surface area is 222 Å². The van der Waals surface area contributed by atoms with Crippen LogP contribution in [0.4, 0.5) is 16.0 Å². The predicted octanol–water partition coefficient (Wildman–Crippen LogP) is 3.43. The number of aldehydes is 1. The van der Waals surface area contributed by atoms with Gasteiger partial charge in [0.05, 0.1) is 12.3 Å². The molecule has 5 rings (SSSR count). The highest BCUT2D eigenvalue weighted by Crippen LogP contribution is 2.28. The number of benzene rings is 2. The maximum Gasteiger partial charge on any atom is 0.159 e. The molecule has 9 heteroatoms. The second kappa shape index (κ2) is 13.0. The molecule has 2 aromatic heterocycles. The number of piperazine rings is 1. The molecule has 0 radical (unpaired) electrons. The highest BCUT2D eigenvalue weighted by molar-refractivity contribution is 5.93. The number of aliphatic hydroxyl groups is 1. The van der Waals surface area contributed by atoms with Crippen molar-refractivity contribution in [3.63, 3.8) is 0 Å². The third-order valence-corrected chi connectivity index (χ3v) is 6.39. The van der Waals surface area contributed by atoms with Crippen LogP contribution >= 0.6 is 0 Å². The molecule has 38 heavy (non-hydrogen) atoms. The lowest BCUT2D eigenvalue weighted by atomic mass is 10.0. The number of nitrogens with zero attached hydrogens (tertiary/aromatic N) is 6. The second-order valence-electron chi connectivity index (χ2n) is 9.39. The second-order valence-corrected chi connectivity index (χ2v) is 9.39. The van der Waals surface area contributed by atoms with Gasteiger partial charge >= 0.3 is 0 Å². The highest BCUT2D eigenvalue weighted by atomic mass is 19.1. The van der Waals surface area contributed by atoms with Crippen LogP contribution < -0.4 is 9.80 Å². The third kappa shape index (κ3) is 6.87. The number of aliphatic hydroxyl groups excluding tert-OH is 1.